The smallest absolute Gasteiger partial charge is 0.274 e. The summed E-state index contributed by atoms with van der Waals surface area (Å²) >= 11 is 0. The first kappa shape index (κ1) is 8.91. The minimum absolute atomic E-state index is 0.280. The Morgan fingerprint density at radius 3 is 2.50 bits per heavy atom. The van der Waals surface area contributed by atoms with Gasteiger partial charge in [0.15, 0.2) is 0 Å². The highest BCUT2D eigenvalue weighted by molar-refractivity contribution is 5.94. The Kier molecular flexibility index (Phi) is 3.43. The van der Waals surface area contributed by atoms with Gasteiger partial charge in [-0.2, -0.15) is 0 Å². The molecule has 0 aromatic heterocycles. The number of amides is 1. The lowest BCUT2D eigenvalue weighted by molar-refractivity contribution is -0.163. The number of hydroxylamine groups is 2. The van der Waals surface area contributed by atoms with Gasteiger partial charge in [0.25, 0.3) is 5.91 Å². The molecule has 0 bridgehead atoms. The number of hydrogen-bond acceptors (Lipinski definition) is 2. The summed E-state index contributed by atoms with van der Waals surface area (Å²) in [6, 6.07) is 0. The van der Waals surface area contributed by atoms with Crippen LogP contribution in [0.2, 0.25) is 0 Å². The molecule has 3 nitrogen and oxygen atoms in total. The maximum absolute atomic E-state index is 10.9. The molecule has 0 aliphatic heterocycles. The number of hydrogen-bond donors (Lipinski definition) is 0. The summed E-state index contributed by atoms with van der Waals surface area (Å²) in [5.74, 6) is -0.280. The van der Waals surface area contributed by atoms with Crippen molar-refractivity contribution in [3.05, 3.63) is 24.8 Å². The van der Waals surface area contributed by atoms with E-state index in [0.717, 1.165) is 5.06 Å². The summed E-state index contributed by atoms with van der Waals surface area (Å²) < 4.78 is 0. The summed E-state index contributed by atoms with van der Waals surface area (Å²) in [4.78, 5) is 15.5. The number of rotatable bonds is 3. The molecular formula is C7H11NO2. The molecule has 1 amide bonds. The maximum Gasteiger partial charge on any atom is 0.276 e. The predicted molar refractivity (Wildman–Crippen MR) is 39.1 cm³/mol. The van der Waals surface area contributed by atoms with E-state index in [-0.39, 0.29) is 5.91 Å². The Hall–Kier alpha value is -1.09. The van der Waals surface area contributed by atoms with E-state index in [4.69, 9.17) is 0 Å². The third-order valence-electron chi connectivity index (χ3n) is 1.08. The zero-order valence-electron chi connectivity index (χ0n) is 6.26. The fourth-order valence-electron chi connectivity index (χ4n) is 0.372. The lowest BCUT2D eigenvalue weighted by Crippen LogP contribution is -2.25. The van der Waals surface area contributed by atoms with Crippen molar-refractivity contribution in [2.24, 2.45) is 0 Å². The molecule has 0 atom stereocenters. The molecule has 0 heterocycles. The summed E-state index contributed by atoms with van der Waals surface area (Å²) in [6.45, 7) is 6.85. The standard InChI is InChI=1S/C7H11NO2/c1-5-6(2)7(9)8(3)10-4/h5H,1-2H2,3-4H3. The van der Waals surface area contributed by atoms with Gasteiger partial charge < -0.3 is 0 Å². The van der Waals surface area contributed by atoms with Crippen molar-refractivity contribution < 1.29 is 9.63 Å². The zero-order chi connectivity index (χ0) is 8.15. The van der Waals surface area contributed by atoms with Crippen LogP contribution in [0.1, 0.15) is 0 Å². The van der Waals surface area contributed by atoms with Crippen molar-refractivity contribution in [2.45, 2.75) is 0 Å². The normalized spacial score (nSPS) is 8.60. The van der Waals surface area contributed by atoms with E-state index >= 15 is 0 Å². The number of carbonyl (C=O) groups excluding carboxylic acids is 1. The molecule has 56 valence electrons. The fraction of sp³-hybridized carbons (Fsp3) is 0.286. The molecule has 0 saturated heterocycles. The first-order valence-electron chi connectivity index (χ1n) is 2.77. The molecule has 0 N–H and O–H groups in total. The van der Waals surface area contributed by atoms with Crippen LogP contribution in [0.15, 0.2) is 24.8 Å². The van der Waals surface area contributed by atoms with Gasteiger partial charge >= 0.3 is 0 Å². The van der Waals surface area contributed by atoms with Gasteiger partial charge in [0.1, 0.15) is 0 Å². The van der Waals surface area contributed by atoms with Crippen molar-refractivity contribution in [2.75, 3.05) is 14.2 Å². The van der Waals surface area contributed by atoms with Gasteiger partial charge in [0, 0.05) is 12.6 Å². The maximum atomic E-state index is 10.9. The lowest BCUT2D eigenvalue weighted by Gasteiger charge is -2.12. The Morgan fingerprint density at radius 1 is 1.70 bits per heavy atom. The van der Waals surface area contributed by atoms with Crippen LogP contribution in [0.5, 0.6) is 0 Å². The molecule has 0 spiro atoms. The third-order valence-corrected chi connectivity index (χ3v) is 1.08. The minimum atomic E-state index is -0.280. The molecule has 0 unspecified atom stereocenters. The van der Waals surface area contributed by atoms with E-state index in [2.05, 4.69) is 18.0 Å². The SMILES string of the molecule is C=CC(=C)C(=O)N(C)OC. The molecule has 0 aromatic carbocycles. The molecule has 0 radical (unpaired) electrons. The van der Waals surface area contributed by atoms with Crippen LogP contribution in [0.3, 0.4) is 0 Å². The van der Waals surface area contributed by atoms with E-state index in [9.17, 15) is 4.79 Å². The molecule has 0 fully saturated rings. The molecule has 0 saturated carbocycles. The highest BCUT2D eigenvalue weighted by atomic mass is 16.7. The van der Waals surface area contributed by atoms with E-state index in [1.165, 1.54) is 20.2 Å². The van der Waals surface area contributed by atoms with Crippen LogP contribution >= 0.6 is 0 Å². The van der Waals surface area contributed by atoms with Gasteiger partial charge in [-0.15, -0.1) is 0 Å². The molecule has 0 aliphatic carbocycles. The minimum Gasteiger partial charge on any atom is -0.274 e. The van der Waals surface area contributed by atoms with Gasteiger partial charge in [-0.05, 0) is 0 Å². The van der Waals surface area contributed by atoms with Gasteiger partial charge in [-0.3, -0.25) is 9.63 Å². The number of nitrogens with zero attached hydrogens (tertiary/aromatic N) is 1. The number of likely N-dealkylation sites (N-methyl/N-ethyl adjacent to an activating group) is 1. The monoisotopic (exact) mass is 141 g/mol. The van der Waals surface area contributed by atoms with Crippen molar-refractivity contribution in [1.29, 1.82) is 0 Å². The van der Waals surface area contributed by atoms with Gasteiger partial charge in [0.05, 0.1) is 7.11 Å². The van der Waals surface area contributed by atoms with Crippen LogP contribution in [0.25, 0.3) is 0 Å². The molecule has 3 heteroatoms. The zero-order valence-corrected chi connectivity index (χ0v) is 6.26. The van der Waals surface area contributed by atoms with E-state index in [1.807, 2.05) is 0 Å². The van der Waals surface area contributed by atoms with Crippen LogP contribution in [-0.2, 0) is 9.63 Å². The first-order valence-corrected chi connectivity index (χ1v) is 2.77. The summed E-state index contributed by atoms with van der Waals surface area (Å²) in [5.41, 5.74) is 0.323. The Morgan fingerprint density at radius 2 is 2.20 bits per heavy atom. The topological polar surface area (TPSA) is 29.5 Å². The second kappa shape index (κ2) is 3.85. The Labute approximate surface area is 60.5 Å². The van der Waals surface area contributed by atoms with Crippen LogP contribution in [0, 0.1) is 0 Å². The fourth-order valence-corrected chi connectivity index (χ4v) is 0.372. The second-order valence-electron chi connectivity index (χ2n) is 1.71. The summed E-state index contributed by atoms with van der Waals surface area (Å²) in [6.07, 6.45) is 1.39. The molecule has 10 heavy (non-hydrogen) atoms. The quantitative estimate of drug-likeness (QED) is 0.330. The summed E-state index contributed by atoms with van der Waals surface area (Å²) in [7, 11) is 2.92. The van der Waals surface area contributed by atoms with E-state index in [1.54, 1.807) is 0 Å². The average molecular weight is 141 g/mol. The van der Waals surface area contributed by atoms with Crippen LogP contribution < -0.4 is 0 Å². The largest absolute Gasteiger partial charge is 0.276 e. The van der Waals surface area contributed by atoms with Gasteiger partial charge in [-0.25, -0.2) is 5.06 Å². The molecular weight excluding hydrogens is 130 g/mol. The first-order chi connectivity index (χ1) is 4.63. The Balaban J connectivity index is 4.07. The number of carbonyl (C=O) groups is 1. The van der Waals surface area contributed by atoms with Gasteiger partial charge in [0.2, 0.25) is 0 Å². The van der Waals surface area contributed by atoms with Gasteiger partial charge in [-0.1, -0.05) is 19.2 Å². The van der Waals surface area contributed by atoms with E-state index in [0.29, 0.717) is 5.57 Å². The predicted octanol–water partition coefficient (Wildman–Crippen LogP) is 0.748. The molecule has 0 aliphatic rings. The van der Waals surface area contributed by atoms with Crippen LogP contribution in [-0.4, -0.2) is 25.1 Å². The van der Waals surface area contributed by atoms with Crippen molar-refractivity contribution in [3.63, 3.8) is 0 Å². The third kappa shape index (κ3) is 2.03. The molecule has 0 aromatic rings. The van der Waals surface area contributed by atoms with Crippen molar-refractivity contribution in [3.8, 4) is 0 Å². The van der Waals surface area contributed by atoms with Crippen molar-refractivity contribution in [1.82, 2.24) is 5.06 Å². The van der Waals surface area contributed by atoms with E-state index < -0.39 is 0 Å². The highest BCUT2D eigenvalue weighted by Gasteiger charge is 2.07. The Bertz CT molecular complexity index is 163. The lowest BCUT2D eigenvalue weighted by atomic mass is 10.3. The molecule has 0 rings (SSSR count). The highest BCUT2D eigenvalue weighted by Crippen LogP contribution is 1.96. The van der Waals surface area contributed by atoms with Crippen LogP contribution in [0.4, 0.5) is 0 Å². The van der Waals surface area contributed by atoms with Crippen molar-refractivity contribution >= 4 is 5.91 Å². The second-order valence-corrected chi connectivity index (χ2v) is 1.71. The average Bonchev–Trinajstić information content (AvgIpc) is 2.00. The summed E-state index contributed by atoms with van der Waals surface area (Å²) in [5, 5.41) is 1.09.